The fourth-order valence-corrected chi connectivity index (χ4v) is 1.82. The number of hydrogen-bond donors (Lipinski definition) is 2. The van der Waals surface area contributed by atoms with Crippen LogP contribution in [0.25, 0.3) is 0 Å². The van der Waals surface area contributed by atoms with Gasteiger partial charge in [-0.05, 0) is 45.6 Å². The van der Waals surface area contributed by atoms with Crippen LogP contribution in [0.3, 0.4) is 0 Å². The summed E-state index contributed by atoms with van der Waals surface area (Å²) >= 11 is 0. The van der Waals surface area contributed by atoms with Crippen molar-refractivity contribution in [1.29, 1.82) is 0 Å². The van der Waals surface area contributed by atoms with Crippen molar-refractivity contribution in [1.82, 2.24) is 10.6 Å². The highest BCUT2D eigenvalue weighted by Gasteiger charge is 2.22. The Labute approximate surface area is 105 Å². The summed E-state index contributed by atoms with van der Waals surface area (Å²) in [7, 11) is 0. The molecule has 0 aromatic rings. The van der Waals surface area contributed by atoms with Gasteiger partial charge in [0, 0.05) is 5.54 Å². The molecule has 2 N–H and O–H groups in total. The highest BCUT2D eigenvalue weighted by molar-refractivity contribution is 5.85. The van der Waals surface area contributed by atoms with Gasteiger partial charge in [-0.2, -0.15) is 0 Å². The topological polar surface area (TPSA) is 41.1 Å². The first-order valence-electron chi connectivity index (χ1n) is 6.05. The van der Waals surface area contributed by atoms with Crippen LogP contribution >= 0.6 is 12.4 Å². The van der Waals surface area contributed by atoms with Crippen LogP contribution in [0.4, 0.5) is 0 Å². The fourth-order valence-electron chi connectivity index (χ4n) is 1.82. The van der Waals surface area contributed by atoms with Gasteiger partial charge in [0.2, 0.25) is 5.91 Å². The molecule has 0 saturated heterocycles. The van der Waals surface area contributed by atoms with Gasteiger partial charge >= 0.3 is 0 Å². The van der Waals surface area contributed by atoms with Crippen LogP contribution in [0.5, 0.6) is 0 Å². The molecule has 4 heteroatoms. The summed E-state index contributed by atoms with van der Waals surface area (Å²) in [5.41, 5.74) is -0.0624. The molecule has 1 rings (SSSR count). The van der Waals surface area contributed by atoms with Gasteiger partial charge in [-0.15, -0.1) is 12.4 Å². The van der Waals surface area contributed by atoms with E-state index in [9.17, 15) is 4.79 Å². The Hall–Kier alpha value is -0.280. The van der Waals surface area contributed by atoms with Gasteiger partial charge < -0.3 is 10.6 Å². The Morgan fingerprint density at radius 3 is 2.50 bits per heavy atom. The number of amides is 1. The fraction of sp³-hybridized carbons (Fsp3) is 0.917. The minimum atomic E-state index is -0.0624. The first-order chi connectivity index (χ1) is 7.03. The van der Waals surface area contributed by atoms with Gasteiger partial charge in [0.15, 0.2) is 0 Å². The molecule has 1 amide bonds. The maximum absolute atomic E-state index is 11.6. The Balaban J connectivity index is 0.00000225. The maximum atomic E-state index is 11.6. The average molecular weight is 249 g/mol. The lowest BCUT2D eigenvalue weighted by Gasteiger charge is -2.25. The maximum Gasteiger partial charge on any atom is 0.234 e. The molecule has 0 aliphatic heterocycles. The van der Waals surface area contributed by atoms with Crippen molar-refractivity contribution in [3.05, 3.63) is 0 Å². The van der Waals surface area contributed by atoms with Crippen LogP contribution in [0.2, 0.25) is 0 Å². The van der Waals surface area contributed by atoms with E-state index >= 15 is 0 Å². The Bertz CT molecular complexity index is 215. The molecule has 1 fully saturated rings. The highest BCUT2D eigenvalue weighted by Crippen LogP contribution is 2.27. The van der Waals surface area contributed by atoms with Crippen LogP contribution in [0.1, 0.15) is 46.5 Å². The molecular formula is C12H25ClN2O. The molecule has 0 atom stereocenters. The van der Waals surface area contributed by atoms with E-state index in [1.54, 1.807) is 0 Å². The lowest BCUT2D eigenvalue weighted by molar-refractivity contribution is -0.121. The largest absolute Gasteiger partial charge is 0.350 e. The Morgan fingerprint density at radius 1 is 1.38 bits per heavy atom. The lowest BCUT2D eigenvalue weighted by Crippen LogP contribution is -2.47. The molecule has 1 aliphatic rings. The minimum Gasteiger partial charge on any atom is -0.350 e. The molecule has 3 nitrogen and oxygen atoms in total. The van der Waals surface area contributed by atoms with Gasteiger partial charge in [-0.3, -0.25) is 4.79 Å². The standard InChI is InChI=1S/C12H24N2O.ClH/c1-4-7-12(2,3)14-11(15)9-13-8-10-5-6-10;/h10,13H,4-9H2,1-3H3,(H,14,15);1H. The molecular weight excluding hydrogens is 224 g/mol. The molecule has 0 heterocycles. The lowest BCUT2D eigenvalue weighted by atomic mass is 9.99. The second kappa shape index (κ2) is 7.13. The van der Waals surface area contributed by atoms with Gasteiger partial charge in [0.1, 0.15) is 0 Å². The molecule has 0 spiro atoms. The van der Waals surface area contributed by atoms with E-state index in [1.165, 1.54) is 12.8 Å². The van der Waals surface area contributed by atoms with E-state index in [4.69, 9.17) is 0 Å². The first-order valence-corrected chi connectivity index (χ1v) is 6.05. The van der Waals surface area contributed by atoms with E-state index in [0.717, 1.165) is 25.3 Å². The first kappa shape index (κ1) is 15.7. The van der Waals surface area contributed by atoms with E-state index in [2.05, 4.69) is 31.4 Å². The summed E-state index contributed by atoms with van der Waals surface area (Å²) in [4.78, 5) is 11.6. The third-order valence-electron chi connectivity index (χ3n) is 2.77. The number of carbonyl (C=O) groups excluding carboxylic acids is 1. The number of nitrogens with one attached hydrogen (secondary N) is 2. The quantitative estimate of drug-likeness (QED) is 0.725. The van der Waals surface area contributed by atoms with Crippen molar-refractivity contribution in [2.24, 2.45) is 5.92 Å². The molecule has 0 unspecified atom stereocenters. The molecule has 0 bridgehead atoms. The molecule has 1 aliphatic carbocycles. The molecule has 0 aromatic heterocycles. The second-order valence-electron chi connectivity index (χ2n) is 5.26. The number of rotatable bonds is 7. The monoisotopic (exact) mass is 248 g/mol. The summed E-state index contributed by atoms with van der Waals surface area (Å²) in [6.07, 6.45) is 4.79. The summed E-state index contributed by atoms with van der Waals surface area (Å²) in [5, 5.41) is 6.25. The Kier molecular flexibility index (Phi) is 7.00. The van der Waals surface area contributed by atoms with Crippen molar-refractivity contribution in [3.63, 3.8) is 0 Å². The van der Waals surface area contributed by atoms with E-state index in [1.807, 2.05) is 0 Å². The Morgan fingerprint density at radius 2 is 2.00 bits per heavy atom. The summed E-state index contributed by atoms with van der Waals surface area (Å²) in [6, 6.07) is 0. The normalized spacial score (nSPS) is 15.4. The predicted molar refractivity (Wildman–Crippen MR) is 70.0 cm³/mol. The predicted octanol–water partition coefficient (Wildman–Crippen LogP) is 2.10. The van der Waals surface area contributed by atoms with E-state index < -0.39 is 0 Å². The summed E-state index contributed by atoms with van der Waals surface area (Å²) in [6.45, 7) is 7.76. The molecule has 96 valence electrons. The van der Waals surface area contributed by atoms with Crippen molar-refractivity contribution in [2.75, 3.05) is 13.1 Å². The van der Waals surface area contributed by atoms with Crippen LogP contribution in [-0.2, 0) is 4.79 Å². The second-order valence-corrected chi connectivity index (χ2v) is 5.26. The van der Waals surface area contributed by atoms with Crippen molar-refractivity contribution >= 4 is 18.3 Å². The SMILES string of the molecule is CCCC(C)(C)NC(=O)CNCC1CC1.Cl. The number of carbonyl (C=O) groups is 1. The van der Waals surface area contributed by atoms with Crippen molar-refractivity contribution in [2.45, 2.75) is 52.0 Å². The number of hydrogen-bond acceptors (Lipinski definition) is 2. The zero-order valence-corrected chi connectivity index (χ0v) is 11.5. The zero-order chi connectivity index (χ0) is 11.3. The van der Waals surface area contributed by atoms with Crippen LogP contribution in [0.15, 0.2) is 0 Å². The summed E-state index contributed by atoms with van der Waals surface area (Å²) in [5.74, 6) is 0.954. The van der Waals surface area contributed by atoms with Gasteiger partial charge in [0.05, 0.1) is 6.54 Å². The summed E-state index contributed by atoms with van der Waals surface area (Å²) < 4.78 is 0. The van der Waals surface area contributed by atoms with Crippen molar-refractivity contribution < 1.29 is 4.79 Å². The number of halogens is 1. The van der Waals surface area contributed by atoms with Gasteiger partial charge in [-0.1, -0.05) is 13.3 Å². The molecule has 0 aromatic carbocycles. The zero-order valence-electron chi connectivity index (χ0n) is 10.6. The van der Waals surface area contributed by atoms with Crippen LogP contribution in [-0.4, -0.2) is 24.5 Å². The van der Waals surface area contributed by atoms with Gasteiger partial charge in [0.25, 0.3) is 0 Å². The van der Waals surface area contributed by atoms with E-state index in [-0.39, 0.29) is 23.9 Å². The molecule has 16 heavy (non-hydrogen) atoms. The van der Waals surface area contributed by atoms with Crippen LogP contribution in [0, 0.1) is 5.92 Å². The van der Waals surface area contributed by atoms with Crippen molar-refractivity contribution in [3.8, 4) is 0 Å². The molecule has 1 saturated carbocycles. The average Bonchev–Trinajstić information content (AvgIpc) is 2.86. The smallest absolute Gasteiger partial charge is 0.234 e. The molecule has 0 radical (unpaired) electrons. The van der Waals surface area contributed by atoms with Crippen LogP contribution < -0.4 is 10.6 Å². The minimum absolute atomic E-state index is 0. The third-order valence-corrected chi connectivity index (χ3v) is 2.77. The van der Waals surface area contributed by atoms with E-state index in [0.29, 0.717) is 6.54 Å². The third kappa shape index (κ3) is 7.07. The highest BCUT2D eigenvalue weighted by atomic mass is 35.5. The van der Waals surface area contributed by atoms with Gasteiger partial charge in [-0.25, -0.2) is 0 Å².